The minimum atomic E-state index is -4.54. The third-order valence-corrected chi connectivity index (χ3v) is 4.45. The maximum absolute atomic E-state index is 13.0. The molecule has 1 heterocycles. The molecule has 0 unspecified atom stereocenters. The van der Waals surface area contributed by atoms with Gasteiger partial charge >= 0.3 is 6.18 Å². The van der Waals surface area contributed by atoms with E-state index in [4.69, 9.17) is 22.4 Å². The van der Waals surface area contributed by atoms with Crippen LogP contribution in [-0.2, 0) is 6.18 Å². The molecule has 2 aromatic carbocycles. The molecule has 11 heteroatoms. The summed E-state index contributed by atoms with van der Waals surface area (Å²) in [5, 5.41) is 20.0. The largest absolute Gasteiger partial charge is 0.507 e. The highest BCUT2D eigenvalue weighted by Gasteiger charge is 2.33. The van der Waals surface area contributed by atoms with Gasteiger partial charge in [0.25, 0.3) is 5.91 Å². The number of carbonyl (C=O) groups excluding carboxylic acids is 1. The molecule has 150 valence electrons. The number of nitrogens with two attached hydrogens (primary N) is 1. The lowest BCUT2D eigenvalue weighted by molar-refractivity contribution is -0.136. The summed E-state index contributed by atoms with van der Waals surface area (Å²) in [5.41, 5.74) is 3.57. The Bertz CT molecular complexity index is 977. The van der Waals surface area contributed by atoms with E-state index < -0.39 is 17.6 Å². The fourth-order valence-electron chi connectivity index (χ4n) is 2.09. The molecule has 0 radical (unpaired) electrons. The van der Waals surface area contributed by atoms with E-state index in [1.165, 1.54) is 30.3 Å². The first-order valence-electron chi connectivity index (χ1n) is 7.75. The molecule has 1 aromatic heterocycles. The highest BCUT2D eigenvalue weighted by molar-refractivity contribution is 7.22. The second-order valence-corrected chi connectivity index (χ2v) is 6.76. The number of phenolic OH excluding ortho intramolecular Hbond substituents is 1. The van der Waals surface area contributed by atoms with Gasteiger partial charge in [-0.3, -0.25) is 10.1 Å². The third-order valence-electron chi connectivity index (χ3n) is 3.28. The number of phenols is 1. The zero-order valence-electron chi connectivity index (χ0n) is 14.1. The summed E-state index contributed by atoms with van der Waals surface area (Å²) in [5.74, 6) is -1.02. The lowest BCUT2D eigenvalue weighted by atomic mass is 10.2. The summed E-state index contributed by atoms with van der Waals surface area (Å²) in [7, 11) is 0. The van der Waals surface area contributed by atoms with Gasteiger partial charge in [-0.05, 0) is 30.3 Å². The van der Waals surface area contributed by atoms with Crippen molar-refractivity contribution in [2.75, 3.05) is 18.5 Å². The summed E-state index contributed by atoms with van der Waals surface area (Å²) in [6.45, 7) is 0.472. The first-order chi connectivity index (χ1) is 13.2. The van der Waals surface area contributed by atoms with Crippen molar-refractivity contribution >= 4 is 44.2 Å². The Morgan fingerprint density at radius 1 is 1.29 bits per heavy atom. The van der Waals surface area contributed by atoms with Crippen LogP contribution in [-0.4, -0.2) is 34.3 Å². The van der Waals surface area contributed by atoms with Gasteiger partial charge in [-0.1, -0.05) is 29.0 Å². The van der Waals surface area contributed by atoms with E-state index in [1.807, 2.05) is 0 Å². The summed E-state index contributed by atoms with van der Waals surface area (Å²) < 4.78 is 39.2. The standard InChI is InChI=1S/C15H8ClF3N2O2S.C2H7NO/c16-7-4-5-10(22)8(6-7)13(23)21-14-20-12-9(15(17,18)19)2-1-3-11(12)24-14;3-1-2-4/h1-6,22H,(H,20,21,23);4H,1-3H2. The SMILES string of the molecule is NCCO.O=C(Nc1nc2c(C(F)(F)F)cccc2s1)c1cc(Cl)ccc1O. The number of carbonyl (C=O) groups is 1. The zero-order valence-corrected chi connectivity index (χ0v) is 15.7. The van der Waals surface area contributed by atoms with Crippen LogP contribution in [0.15, 0.2) is 36.4 Å². The van der Waals surface area contributed by atoms with Crippen LogP contribution >= 0.6 is 22.9 Å². The summed E-state index contributed by atoms with van der Waals surface area (Å²) >= 11 is 6.67. The Labute approximate surface area is 166 Å². The molecule has 0 aliphatic rings. The van der Waals surface area contributed by atoms with Gasteiger partial charge in [-0.2, -0.15) is 13.2 Å². The van der Waals surface area contributed by atoms with Gasteiger partial charge in [-0.25, -0.2) is 4.98 Å². The molecule has 0 saturated carbocycles. The average molecular weight is 434 g/mol. The molecule has 3 aromatic rings. The highest BCUT2D eigenvalue weighted by Crippen LogP contribution is 2.37. The van der Waals surface area contributed by atoms with E-state index in [1.54, 1.807) is 0 Å². The Balaban J connectivity index is 0.000000640. The van der Waals surface area contributed by atoms with Crippen LogP contribution in [0, 0.1) is 0 Å². The molecule has 0 atom stereocenters. The van der Waals surface area contributed by atoms with Crippen LogP contribution < -0.4 is 11.1 Å². The molecule has 1 amide bonds. The monoisotopic (exact) mass is 433 g/mol. The second kappa shape index (κ2) is 9.20. The number of hydrogen-bond donors (Lipinski definition) is 4. The number of aliphatic hydroxyl groups excluding tert-OH is 1. The van der Waals surface area contributed by atoms with Crippen molar-refractivity contribution in [1.29, 1.82) is 0 Å². The normalized spacial score (nSPS) is 11.1. The second-order valence-electron chi connectivity index (χ2n) is 5.30. The summed E-state index contributed by atoms with van der Waals surface area (Å²) in [4.78, 5) is 16.0. The van der Waals surface area contributed by atoms with Gasteiger partial charge < -0.3 is 15.9 Å². The molecule has 5 N–H and O–H groups in total. The molecular formula is C17H15ClF3N3O3S. The number of halogens is 4. The van der Waals surface area contributed by atoms with Gasteiger partial charge in [0.1, 0.15) is 5.75 Å². The first kappa shape index (κ1) is 21.9. The highest BCUT2D eigenvalue weighted by atomic mass is 35.5. The number of nitrogens with one attached hydrogen (secondary N) is 1. The number of aromatic nitrogens is 1. The van der Waals surface area contributed by atoms with Crippen molar-refractivity contribution in [1.82, 2.24) is 4.98 Å². The Morgan fingerprint density at radius 3 is 2.57 bits per heavy atom. The van der Waals surface area contributed by atoms with Crippen molar-refractivity contribution in [3.63, 3.8) is 0 Å². The number of amides is 1. The number of alkyl halides is 3. The van der Waals surface area contributed by atoms with Crippen LogP contribution in [0.5, 0.6) is 5.75 Å². The third kappa shape index (κ3) is 5.32. The predicted octanol–water partition coefficient (Wildman–Crippen LogP) is 3.86. The minimum Gasteiger partial charge on any atom is -0.507 e. The quantitative estimate of drug-likeness (QED) is 0.501. The number of fused-ring (bicyclic) bond motifs is 1. The van der Waals surface area contributed by atoms with Crippen molar-refractivity contribution in [2.45, 2.75) is 6.18 Å². The molecule has 6 nitrogen and oxygen atoms in total. The van der Waals surface area contributed by atoms with E-state index in [0.29, 0.717) is 6.54 Å². The molecule has 0 saturated heterocycles. The fraction of sp³-hybridized carbons (Fsp3) is 0.176. The molecule has 0 bridgehead atoms. The Hall–Kier alpha value is -2.40. The van der Waals surface area contributed by atoms with E-state index in [-0.39, 0.29) is 38.3 Å². The Kier molecular flexibility index (Phi) is 7.19. The van der Waals surface area contributed by atoms with Crippen molar-refractivity contribution in [3.05, 3.63) is 52.5 Å². The van der Waals surface area contributed by atoms with Crippen LogP contribution in [0.25, 0.3) is 10.2 Å². The minimum absolute atomic E-state index is 0.00826. The van der Waals surface area contributed by atoms with Gasteiger partial charge in [0.05, 0.1) is 28.0 Å². The van der Waals surface area contributed by atoms with E-state index in [2.05, 4.69) is 10.3 Å². The Morgan fingerprint density at radius 2 is 1.96 bits per heavy atom. The van der Waals surface area contributed by atoms with Crippen molar-refractivity contribution in [2.24, 2.45) is 5.73 Å². The number of thiazole rings is 1. The summed E-state index contributed by atoms with van der Waals surface area (Å²) in [6, 6.07) is 7.59. The van der Waals surface area contributed by atoms with Gasteiger partial charge in [0.15, 0.2) is 5.13 Å². The smallest absolute Gasteiger partial charge is 0.418 e. The number of anilines is 1. The molecule has 0 aliphatic carbocycles. The van der Waals surface area contributed by atoms with Crippen LogP contribution in [0.3, 0.4) is 0 Å². The van der Waals surface area contributed by atoms with E-state index >= 15 is 0 Å². The number of benzene rings is 2. The van der Waals surface area contributed by atoms with Crippen molar-refractivity contribution in [3.8, 4) is 5.75 Å². The molecular weight excluding hydrogens is 419 g/mol. The lowest BCUT2D eigenvalue weighted by Crippen LogP contribution is -2.12. The zero-order chi connectivity index (χ0) is 20.9. The maximum Gasteiger partial charge on any atom is 0.418 e. The first-order valence-corrected chi connectivity index (χ1v) is 8.94. The fourth-order valence-corrected chi connectivity index (χ4v) is 3.15. The maximum atomic E-state index is 13.0. The number of rotatable bonds is 3. The van der Waals surface area contributed by atoms with Crippen LogP contribution in [0.2, 0.25) is 5.02 Å². The van der Waals surface area contributed by atoms with E-state index in [9.17, 15) is 23.1 Å². The number of nitrogens with zero attached hydrogens (tertiary/aromatic N) is 1. The predicted molar refractivity (Wildman–Crippen MR) is 102 cm³/mol. The summed E-state index contributed by atoms with van der Waals surface area (Å²) in [6.07, 6.45) is -4.54. The van der Waals surface area contributed by atoms with Crippen LogP contribution in [0.1, 0.15) is 15.9 Å². The van der Waals surface area contributed by atoms with Gasteiger partial charge in [0.2, 0.25) is 0 Å². The number of aliphatic hydroxyl groups is 1. The molecule has 0 spiro atoms. The molecule has 0 fully saturated rings. The lowest BCUT2D eigenvalue weighted by Gasteiger charge is -2.06. The van der Waals surface area contributed by atoms with E-state index in [0.717, 1.165) is 17.4 Å². The van der Waals surface area contributed by atoms with Gasteiger partial charge in [-0.15, -0.1) is 0 Å². The molecule has 0 aliphatic heterocycles. The molecule has 3 rings (SSSR count). The van der Waals surface area contributed by atoms with Crippen LogP contribution in [0.4, 0.5) is 18.3 Å². The number of aromatic hydroxyl groups is 1. The molecule has 28 heavy (non-hydrogen) atoms. The topological polar surface area (TPSA) is 108 Å². The average Bonchev–Trinajstić information content (AvgIpc) is 3.05. The number of hydrogen-bond acceptors (Lipinski definition) is 6. The van der Waals surface area contributed by atoms with Gasteiger partial charge in [0, 0.05) is 11.6 Å². The number of para-hydroxylation sites is 1. The van der Waals surface area contributed by atoms with Crippen molar-refractivity contribution < 1.29 is 28.2 Å².